The van der Waals surface area contributed by atoms with Gasteiger partial charge in [-0.3, -0.25) is 4.79 Å². The van der Waals surface area contributed by atoms with Gasteiger partial charge in [-0.15, -0.1) is 0 Å². The molecule has 0 spiro atoms. The van der Waals surface area contributed by atoms with Crippen LogP contribution in [-0.2, 0) is 4.79 Å². The molecule has 1 rings (SSSR count). The number of amides is 1. The van der Waals surface area contributed by atoms with E-state index in [1.165, 1.54) is 0 Å². The van der Waals surface area contributed by atoms with Gasteiger partial charge in [0, 0.05) is 25.7 Å². The van der Waals surface area contributed by atoms with Gasteiger partial charge in [-0.05, 0) is 26.4 Å². The molecule has 16 heavy (non-hydrogen) atoms. The van der Waals surface area contributed by atoms with Gasteiger partial charge in [0.25, 0.3) is 0 Å². The number of rotatable bonds is 4. The maximum atomic E-state index is 12.1. The van der Waals surface area contributed by atoms with Crippen LogP contribution in [0.2, 0.25) is 0 Å². The number of piperazine rings is 1. The van der Waals surface area contributed by atoms with Crippen molar-refractivity contribution in [1.82, 2.24) is 15.1 Å². The molecule has 0 radical (unpaired) electrons. The van der Waals surface area contributed by atoms with E-state index in [9.17, 15) is 4.79 Å². The Morgan fingerprint density at radius 2 is 2.19 bits per heavy atom. The van der Waals surface area contributed by atoms with Crippen molar-refractivity contribution in [3.8, 4) is 0 Å². The lowest BCUT2D eigenvalue weighted by Crippen LogP contribution is -2.55. The highest BCUT2D eigenvalue weighted by Crippen LogP contribution is 2.13. The summed E-state index contributed by atoms with van der Waals surface area (Å²) in [5, 5.41) is 3.37. The van der Waals surface area contributed by atoms with E-state index >= 15 is 0 Å². The quantitative estimate of drug-likeness (QED) is 0.755. The fourth-order valence-corrected chi connectivity index (χ4v) is 2.21. The molecule has 1 fully saturated rings. The van der Waals surface area contributed by atoms with Crippen molar-refractivity contribution in [2.45, 2.75) is 26.3 Å². The summed E-state index contributed by atoms with van der Waals surface area (Å²) in [6.07, 6.45) is 1.09. The predicted octanol–water partition coefficient (Wildman–Crippen LogP) is 0.395. The molecule has 94 valence electrons. The van der Waals surface area contributed by atoms with E-state index in [-0.39, 0.29) is 5.91 Å². The first-order valence-corrected chi connectivity index (χ1v) is 6.15. The van der Waals surface area contributed by atoms with E-state index in [2.05, 4.69) is 24.1 Å². The molecule has 4 heteroatoms. The molecule has 0 saturated carbocycles. The maximum absolute atomic E-state index is 12.1. The van der Waals surface area contributed by atoms with Crippen molar-refractivity contribution >= 4 is 5.91 Å². The fraction of sp³-hybridized carbons (Fsp3) is 0.917. The molecule has 1 aliphatic rings. The Labute approximate surface area is 99.0 Å². The minimum absolute atomic E-state index is 0.261. The van der Waals surface area contributed by atoms with Gasteiger partial charge in [-0.25, -0.2) is 0 Å². The molecule has 1 N–H and O–H groups in total. The first-order valence-electron chi connectivity index (χ1n) is 6.15. The van der Waals surface area contributed by atoms with Gasteiger partial charge < -0.3 is 15.1 Å². The first-order chi connectivity index (χ1) is 7.50. The number of carbonyl (C=O) groups is 1. The first kappa shape index (κ1) is 13.5. The average Bonchev–Trinajstić information content (AvgIpc) is 2.16. The third-order valence-electron chi connectivity index (χ3n) is 2.87. The Bertz CT molecular complexity index is 228. The van der Waals surface area contributed by atoms with E-state index in [0.29, 0.717) is 18.5 Å². The van der Waals surface area contributed by atoms with Crippen molar-refractivity contribution < 1.29 is 4.79 Å². The van der Waals surface area contributed by atoms with Crippen molar-refractivity contribution in [3.05, 3.63) is 0 Å². The molecule has 4 nitrogen and oxygen atoms in total. The molecule has 0 aromatic carbocycles. The summed E-state index contributed by atoms with van der Waals surface area (Å²) in [5.41, 5.74) is 0. The Morgan fingerprint density at radius 3 is 2.75 bits per heavy atom. The Hall–Kier alpha value is -0.610. The second kappa shape index (κ2) is 6.21. The smallest absolute Gasteiger partial charge is 0.237 e. The molecule has 1 atom stereocenters. The van der Waals surface area contributed by atoms with E-state index in [4.69, 9.17) is 0 Å². The molecule has 0 aliphatic carbocycles. The van der Waals surface area contributed by atoms with Crippen LogP contribution in [0.4, 0.5) is 0 Å². The van der Waals surface area contributed by atoms with Crippen molar-refractivity contribution in [1.29, 1.82) is 0 Å². The van der Waals surface area contributed by atoms with Gasteiger partial charge in [-0.1, -0.05) is 13.8 Å². The summed E-state index contributed by atoms with van der Waals surface area (Å²) < 4.78 is 0. The lowest BCUT2D eigenvalue weighted by molar-refractivity contribution is -0.135. The highest BCUT2D eigenvalue weighted by Gasteiger charge is 2.26. The summed E-state index contributed by atoms with van der Waals surface area (Å²) in [5.74, 6) is 0.900. The Morgan fingerprint density at radius 1 is 1.50 bits per heavy atom. The van der Waals surface area contributed by atoms with Crippen LogP contribution in [-0.4, -0.2) is 62.0 Å². The lowest BCUT2D eigenvalue weighted by atomic mass is 10.0. The van der Waals surface area contributed by atoms with Crippen LogP contribution in [0.25, 0.3) is 0 Å². The normalized spacial score (nSPS) is 21.9. The highest BCUT2D eigenvalue weighted by atomic mass is 16.2. The van der Waals surface area contributed by atoms with Crippen LogP contribution in [0.3, 0.4) is 0 Å². The third-order valence-corrected chi connectivity index (χ3v) is 2.87. The summed E-state index contributed by atoms with van der Waals surface area (Å²) in [4.78, 5) is 16.1. The lowest BCUT2D eigenvalue weighted by Gasteiger charge is -2.37. The van der Waals surface area contributed by atoms with Gasteiger partial charge in [0.1, 0.15) is 0 Å². The Balaban J connectivity index is 2.55. The molecule has 1 saturated heterocycles. The molecule has 1 unspecified atom stereocenters. The van der Waals surface area contributed by atoms with Gasteiger partial charge in [0.05, 0.1) is 6.54 Å². The minimum atomic E-state index is 0.261. The molecular weight excluding hydrogens is 202 g/mol. The number of nitrogens with zero attached hydrogens (tertiary/aromatic N) is 2. The van der Waals surface area contributed by atoms with Crippen LogP contribution in [0.15, 0.2) is 0 Å². The minimum Gasteiger partial charge on any atom is -0.336 e. The van der Waals surface area contributed by atoms with Gasteiger partial charge in [0.15, 0.2) is 0 Å². The highest BCUT2D eigenvalue weighted by molar-refractivity contribution is 5.78. The summed E-state index contributed by atoms with van der Waals surface area (Å²) >= 11 is 0. The largest absolute Gasteiger partial charge is 0.336 e. The van der Waals surface area contributed by atoms with E-state index < -0.39 is 0 Å². The fourth-order valence-electron chi connectivity index (χ4n) is 2.21. The monoisotopic (exact) mass is 227 g/mol. The third kappa shape index (κ3) is 4.10. The molecular formula is C12H25N3O. The molecule has 0 bridgehead atoms. The SMILES string of the molecule is CC(C)CC1CNCCN1C(=O)CN(C)C. The summed E-state index contributed by atoms with van der Waals surface area (Å²) in [6.45, 7) is 7.66. The zero-order valence-corrected chi connectivity index (χ0v) is 11.0. The van der Waals surface area contributed by atoms with Gasteiger partial charge in [-0.2, -0.15) is 0 Å². The summed E-state index contributed by atoms with van der Waals surface area (Å²) in [7, 11) is 3.88. The zero-order valence-electron chi connectivity index (χ0n) is 11.0. The van der Waals surface area contributed by atoms with E-state index in [0.717, 1.165) is 26.1 Å². The topological polar surface area (TPSA) is 35.6 Å². The molecule has 1 amide bonds. The number of nitrogens with one attached hydrogen (secondary N) is 1. The van der Waals surface area contributed by atoms with Crippen LogP contribution in [0.5, 0.6) is 0 Å². The van der Waals surface area contributed by atoms with Crippen molar-refractivity contribution in [3.63, 3.8) is 0 Å². The van der Waals surface area contributed by atoms with E-state index in [1.54, 1.807) is 0 Å². The number of hydrogen-bond acceptors (Lipinski definition) is 3. The van der Waals surface area contributed by atoms with E-state index in [1.807, 2.05) is 19.0 Å². The zero-order chi connectivity index (χ0) is 12.1. The van der Waals surface area contributed by atoms with Gasteiger partial charge >= 0.3 is 0 Å². The second-order valence-electron chi connectivity index (χ2n) is 5.31. The Kier molecular flexibility index (Phi) is 5.22. The standard InChI is InChI=1S/C12H25N3O/c1-10(2)7-11-8-13-5-6-15(11)12(16)9-14(3)4/h10-11,13H,5-9H2,1-4H3. The predicted molar refractivity (Wildman–Crippen MR) is 66.4 cm³/mol. The van der Waals surface area contributed by atoms with Crippen LogP contribution in [0.1, 0.15) is 20.3 Å². The average molecular weight is 227 g/mol. The van der Waals surface area contributed by atoms with Crippen molar-refractivity contribution in [2.75, 3.05) is 40.3 Å². The van der Waals surface area contributed by atoms with Crippen LogP contribution < -0.4 is 5.32 Å². The molecule has 0 aromatic heterocycles. The number of hydrogen-bond donors (Lipinski definition) is 1. The van der Waals surface area contributed by atoms with Crippen LogP contribution >= 0.6 is 0 Å². The molecule has 0 aromatic rings. The number of carbonyl (C=O) groups excluding carboxylic acids is 1. The van der Waals surface area contributed by atoms with Gasteiger partial charge in [0.2, 0.25) is 5.91 Å². The maximum Gasteiger partial charge on any atom is 0.237 e. The molecule has 1 heterocycles. The molecule has 1 aliphatic heterocycles. The van der Waals surface area contributed by atoms with Crippen LogP contribution in [0, 0.1) is 5.92 Å². The number of likely N-dealkylation sites (N-methyl/N-ethyl adjacent to an activating group) is 1. The van der Waals surface area contributed by atoms with Crippen molar-refractivity contribution in [2.24, 2.45) is 5.92 Å². The second-order valence-corrected chi connectivity index (χ2v) is 5.31. The summed E-state index contributed by atoms with van der Waals surface area (Å²) in [6, 6.07) is 0.376.